The number of amides is 3. The Bertz CT molecular complexity index is 851. The predicted octanol–water partition coefficient (Wildman–Crippen LogP) is 1.03. The summed E-state index contributed by atoms with van der Waals surface area (Å²) in [7, 11) is 0. The molecule has 0 radical (unpaired) electrons. The van der Waals surface area contributed by atoms with E-state index in [-0.39, 0.29) is 17.2 Å². The van der Waals surface area contributed by atoms with E-state index in [9.17, 15) is 19.2 Å². The lowest BCUT2D eigenvalue weighted by atomic mass is 10.1. The quantitative estimate of drug-likeness (QED) is 0.422. The molecular weight excluding hydrogens is 402 g/mol. The number of nitrogens with zero attached hydrogens (tertiary/aromatic N) is 1. The fourth-order valence-electron chi connectivity index (χ4n) is 2.38. The van der Waals surface area contributed by atoms with Crippen molar-refractivity contribution in [3.8, 4) is 0 Å². The second-order valence-corrected chi connectivity index (χ2v) is 7.82. The minimum absolute atomic E-state index is 0.137. The van der Waals surface area contributed by atoms with Crippen LogP contribution in [0.25, 0.3) is 6.08 Å². The summed E-state index contributed by atoms with van der Waals surface area (Å²) in [6, 6.07) is 6.28. The van der Waals surface area contributed by atoms with Gasteiger partial charge in [-0.05, 0) is 25.0 Å². The van der Waals surface area contributed by atoms with Crippen LogP contribution in [0.3, 0.4) is 0 Å². The first kappa shape index (κ1) is 21.6. The van der Waals surface area contributed by atoms with Crippen molar-refractivity contribution in [2.75, 3.05) is 6.54 Å². The number of carboxylic acids is 1. The van der Waals surface area contributed by atoms with Crippen LogP contribution in [0.2, 0.25) is 0 Å². The fourth-order valence-corrected chi connectivity index (χ4v) is 3.63. The Morgan fingerprint density at radius 1 is 1.32 bits per heavy atom. The van der Waals surface area contributed by atoms with Gasteiger partial charge in [0, 0.05) is 6.42 Å². The van der Waals surface area contributed by atoms with Crippen LogP contribution < -0.4 is 11.1 Å². The molecule has 1 fully saturated rings. The van der Waals surface area contributed by atoms with Gasteiger partial charge in [-0.15, -0.1) is 0 Å². The number of primary amides is 1. The van der Waals surface area contributed by atoms with Crippen LogP contribution in [-0.4, -0.2) is 50.6 Å². The summed E-state index contributed by atoms with van der Waals surface area (Å²) in [6.07, 6.45) is 1.36. The molecule has 2 rings (SSSR count). The van der Waals surface area contributed by atoms with Gasteiger partial charge in [-0.2, -0.15) is 0 Å². The minimum atomic E-state index is -1.29. The van der Waals surface area contributed by atoms with Crippen molar-refractivity contribution in [2.24, 2.45) is 5.73 Å². The maximum atomic E-state index is 12.5. The van der Waals surface area contributed by atoms with Crippen LogP contribution in [0.5, 0.6) is 0 Å². The topological polar surface area (TPSA) is 130 Å². The average molecular weight is 422 g/mol. The zero-order chi connectivity index (χ0) is 20.8. The number of nitrogens with two attached hydrogens (primary N) is 1. The molecule has 10 heteroatoms. The van der Waals surface area contributed by atoms with Crippen LogP contribution in [-0.2, 0) is 19.2 Å². The van der Waals surface area contributed by atoms with Gasteiger partial charge in [0.1, 0.15) is 16.9 Å². The van der Waals surface area contributed by atoms with E-state index in [0.29, 0.717) is 4.91 Å². The molecule has 1 aliphatic rings. The van der Waals surface area contributed by atoms with Crippen molar-refractivity contribution in [3.63, 3.8) is 0 Å². The second kappa shape index (κ2) is 9.47. The summed E-state index contributed by atoms with van der Waals surface area (Å²) in [6.45, 7) is 1.55. The predicted molar refractivity (Wildman–Crippen MR) is 109 cm³/mol. The second-order valence-electron chi connectivity index (χ2n) is 6.14. The molecule has 1 unspecified atom stereocenters. The van der Waals surface area contributed by atoms with Gasteiger partial charge < -0.3 is 16.2 Å². The Morgan fingerprint density at radius 2 is 1.96 bits per heavy atom. The molecule has 1 aliphatic heterocycles. The van der Waals surface area contributed by atoms with Crippen molar-refractivity contribution in [1.29, 1.82) is 0 Å². The Kier molecular flexibility index (Phi) is 7.30. The van der Waals surface area contributed by atoms with Gasteiger partial charge in [0.05, 0.1) is 4.91 Å². The first-order valence-corrected chi connectivity index (χ1v) is 9.52. The third-order valence-corrected chi connectivity index (χ3v) is 5.24. The number of thioether (sulfide) groups is 1. The van der Waals surface area contributed by atoms with E-state index in [1.165, 1.54) is 0 Å². The van der Waals surface area contributed by atoms with Crippen LogP contribution >= 0.6 is 24.0 Å². The molecule has 0 spiro atoms. The summed E-state index contributed by atoms with van der Waals surface area (Å²) in [5.41, 5.74) is 6.92. The molecule has 0 aromatic heterocycles. The van der Waals surface area contributed by atoms with Gasteiger partial charge in [0.2, 0.25) is 11.8 Å². The molecule has 0 bridgehead atoms. The van der Waals surface area contributed by atoms with Crippen molar-refractivity contribution < 1.29 is 24.3 Å². The number of aliphatic carboxylic acids is 1. The largest absolute Gasteiger partial charge is 0.480 e. The molecule has 0 saturated carbocycles. The van der Waals surface area contributed by atoms with E-state index in [1.807, 2.05) is 31.2 Å². The van der Waals surface area contributed by atoms with Gasteiger partial charge in [0.25, 0.3) is 5.91 Å². The smallest absolute Gasteiger partial charge is 0.326 e. The lowest BCUT2D eigenvalue weighted by Gasteiger charge is -2.17. The fraction of sp³-hybridized carbons (Fsp3) is 0.278. The van der Waals surface area contributed by atoms with E-state index >= 15 is 0 Å². The number of aryl methyl sites for hydroxylation is 1. The number of rotatable bonds is 8. The van der Waals surface area contributed by atoms with Crippen LogP contribution in [0.1, 0.15) is 24.0 Å². The molecule has 4 N–H and O–H groups in total. The third kappa shape index (κ3) is 5.89. The molecule has 28 heavy (non-hydrogen) atoms. The first-order valence-electron chi connectivity index (χ1n) is 8.30. The molecule has 1 atom stereocenters. The summed E-state index contributed by atoms with van der Waals surface area (Å²) >= 11 is 6.24. The zero-order valence-electron chi connectivity index (χ0n) is 15.0. The van der Waals surface area contributed by atoms with Crippen LogP contribution in [0.4, 0.5) is 0 Å². The maximum Gasteiger partial charge on any atom is 0.326 e. The number of hydrogen-bond acceptors (Lipinski definition) is 6. The van der Waals surface area contributed by atoms with Crippen molar-refractivity contribution in [2.45, 2.75) is 25.8 Å². The molecule has 8 nitrogen and oxygen atoms in total. The summed E-state index contributed by atoms with van der Waals surface area (Å²) in [5.74, 6) is -3.07. The number of hydrogen-bond donors (Lipinski definition) is 3. The normalized spacial score (nSPS) is 16.3. The molecule has 1 aromatic carbocycles. The van der Waals surface area contributed by atoms with Gasteiger partial charge >= 0.3 is 5.97 Å². The van der Waals surface area contributed by atoms with Crippen molar-refractivity contribution in [1.82, 2.24) is 10.2 Å². The molecular formula is C18H19N3O5S2. The number of carboxylic acid groups (broad SMARTS) is 1. The van der Waals surface area contributed by atoms with Crippen LogP contribution in [0.15, 0.2) is 29.2 Å². The number of carbonyl (C=O) groups excluding carboxylic acids is 3. The molecule has 1 saturated heterocycles. The highest BCUT2D eigenvalue weighted by Gasteiger charge is 2.34. The Morgan fingerprint density at radius 3 is 2.54 bits per heavy atom. The number of nitrogens with one attached hydrogen (secondary N) is 1. The van der Waals surface area contributed by atoms with E-state index in [0.717, 1.165) is 27.8 Å². The average Bonchev–Trinajstić information content (AvgIpc) is 2.87. The lowest BCUT2D eigenvalue weighted by molar-refractivity contribution is -0.142. The molecule has 3 amide bonds. The van der Waals surface area contributed by atoms with Crippen molar-refractivity contribution >= 4 is 58.1 Å². The Labute approximate surface area is 171 Å². The Balaban J connectivity index is 2.02. The Hall–Kier alpha value is -2.72. The van der Waals surface area contributed by atoms with Gasteiger partial charge in [-0.1, -0.05) is 53.8 Å². The standard InChI is InChI=1S/C18H19N3O5S2/c1-10-2-4-11(5-3-10)8-13-16(24)21(18(27)28-13)9-15(23)20-12(17(25)26)6-7-14(19)22/h2-5,8,12H,6-7,9H2,1H3,(H2,19,22)(H,20,23)(H,25,26)/b13-8+. The van der Waals surface area contributed by atoms with Gasteiger partial charge in [0.15, 0.2) is 0 Å². The third-order valence-electron chi connectivity index (χ3n) is 3.86. The highest BCUT2D eigenvalue weighted by Crippen LogP contribution is 2.32. The maximum absolute atomic E-state index is 12.5. The number of benzene rings is 1. The number of thiocarbonyl (C=S) groups is 1. The van der Waals surface area contributed by atoms with E-state index in [4.69, 9.17) is 23.1 Å². The van der Waals surface area contributed by atoms with Crippen LogP contribution in [0, 0.1) is 6.92 Å². The monoisotopic (exact) mass is 421 g/mol. The van der Waals surface area contributed by atoms with E-state index in [2.05, 4.69) is 5.32 Å². The summed E-state index contributed by atoms with van der Waals surface area (Å²) in [4.78, 5) is 48.2. The number of carbonyl (C=O) groups is 4. The molecule has 148 valence electrons. The molecule has 1 heterocycles. The highest BCUT2D eigenvalue weighted by atomic mass is 32.2. The molecule has 0 aliphatic carbocycles. The lowest BCUT2D eigenvalue weighted by Crippen LogP contribution is -2.46. The van der Waals surface area contributed by atoms with E-state index < -0.39 is 36.3 Å². The van der Waals surface area contributed by atoms with Gasteiger partial charge in [-0.25, -0.2) is 4.79 Å². The van der Waals surface area contributed by atoms with Crippen molar-refractivity contribution in [3.05, 3.63) is 40.3 Å². The minimum Gasteiger partial charge on any atom is -0.480 e. The molecule has 1 aromatic rings. The summed E-state index contributed by atoms with van der Waals surface area (Å²) < 4.78 is 0.211. The first-order chi connectivity index (χ1) is 13.2. The zero-order valence-corrected chi connectivity index (χ0v) is 16.6. The highest BCUT2D eigenvalue weighted by molar-refractivity contribution is 8.26. The van der Waals surface area contributed by atoms with E-state index in [1.54, 1.807) is 6.08 Å². The van der Waals surface area contributed by atoms with Gasteiger partial charge in [-0.3, -0.25) is 19.3 Å². The SMILES string of the molecule is Cc1ccc(/C=C2/SC(=S)N(CC(=O)NC(CCC(N)=O)C(=O)O)C2=O)cc1. The summed E-state index contributed by atoms with van der Waals surface area (Å²) in [5, 5.41) is 11.4.